The van der Waals surface area contributed by atoms with Crippen molar-refractivity contribution >= 4 is 0 Å². The Bertz CT molecular complexity index is 699. The first-order valence-electron chi connectivity index (χ1n) is 8.46. The Morgan fingerprint density at radius 2 is 1.96 bits per heavy atom. The van der Waals surface area contributed by atoms with E-state index in [4.69, 9.17) is 0 Å². The van der Waals surface area contributed by atoms with Crippen molar-refractivity contribution in [3.8, 4) is 0 Å². The van der Waals surface area contributed by atoms with Gasteiger partial charge in [-0.15, -0.1) is 10.2 Å². The van der Waals surface area contributed by atoms with Crippen LogP contribution in [0.1, 0.15) is 58.5 Å². The maximum Gasteiger partial charge on any atom is 0.124 e. The van der Waals surface area contributed by atoms with E-state index in [0.717, 1.165) is 12.2 Å². The molecular weight excluding hydrogens is 306 g/mol. The molecule has 1 aliphatic heterocycles. The van der Waals surface area contributed by atoms with E-state index in [1.807, 2.05) is 30.9 Å². The fourth-order valence-corrected chi connectivity index (χ4v) is 2.89. The van der Waals surface area contributed by atoms with E-state index in [2.05, 4.69) is 46.3 Å². The van der Waals surface area contributed by atoms with Crippen molar-refractivity contribution in [2.24, 2.45) is 0 Å². The molecule has 0 spiro atoms. The number of likely N-dealkylation sites (tertiary alicyclic amines) is 1. The fourth-order valence-electron chi connectivity index (χ4n) is 2.89. The predicted octanol–water partition coefficient (Wildman–Crippen LogP) is 1.30. The van der Waals surface area contributed by atoms with E-state index in [1.54, 1.807) is 4.68 Å². The summed E-state index contributed by atoms with van der Waals surface area (Å²) < 4.78 is 3.66. The Morgan fingerprint density at radius 1 is 1.21 bits per heavy atom. The van der Waals surface area contributed by atoms with E-state index >= 15 is 0 Å². The van der Waals surface area contributed by atoms with Gasteiger partial charge in [0.15, 0.2) is 0 Å². The van der Waals surface area contributed by atoms with Crippen LogP contribution in [-0.4, -0.2) is 53.1 Å². The Morgan fingerprint density at radius 3 is 2.54 bits per heavy atom. The van der Waals surface area contributed by atoms with Crippen LogP contribution >= 0.6 is 0 Å². The summed E-state index contributed by atoms with van der Waals surface area (Å²) in [6.45, 7) is 12.4. The molecule has 3 rings (SSSR count). The van der Waals surface area contributed by atoms with Gasteiger partial charge < -0.3 is 5.11 Å². The summed E-state index contributed by atoms with van der Waals surface area (Å²) in [5, 5.41) is 27.7. The van der Waals surface area contributed by atoms with Gasteiger partial charge >= 0.3 is 0 Å². The standard InChI is InChI=1S/C16H27N7O/c1-12(2)22-10-14(18-19-22)16(24)6-7-21(11-16)8-13-9-23(20-17-13)15(3,4)5/h9-10,12,24H,6-8,11H2,1-5H3. The van der Waals surface area contributed by atoms with Crippen molar-refractivity contribution in [2.45, 2.75) is 64.8 Å². The van der Waals surface area contributed by atoms with E-state index < -0.39 is 5.60 Å². The van der Waals surface area contributed by atoms with Crippen LogP contribution in [0.15, 0.2) is 12.4 Å². The molecule has 2 aromatic heterocycles. The maximum atomic E-state index is 10.9. The molecule has 0 amide bonds. The average molecular weight is 333 g/mol. The second-order valence-electron chi connectivity index (χ2n) is 8.00. The van der Waals surface area contributed by atoms with Gasteiger partial charge in [0.25, 0.3) is 0 Å². The molecule has 1 saturated heterocycles. The zero-order valence-electron chi connectivity index (χ0n) is 15.1. The molecule has 2 aromatic rings. The number of β-amino-alcohol motifs (C(OH)–C–C–N with tert-alkyl or cyclic N) is 1. The lowest BCUT2D eigenvalue weighted by Crippen LogP contribution is -2.31. The summed E-state index contributed by atoms with van der Waals surface area (Å²) in [7, 11) is 0. The van der Waals surface area contributed by atoms with Crippen LogP contribution in [-0.2, 0) is 17.7 Å². The SMILES string of the molecule is CC(C)n1cc(C2(O)CCN(Cc3cn(C(C)(C)C)nn3)C2)nn1. The monoisotopic (exact) mass is 333 g/mol. The Hall–Kier alpha value is -1.80. The lowest BCUT2D eigenvalue weighted by atomic mass is 10.00. The highest BCUT2D eigenvalue weighted by molar-refractivity contribution is 5.12. The first kappa shape index (κ1) is 17.0. The Balaban J connectivity index is 1.67. The number of aromatic nitrogens is 6. The van der Waals surface area contributed by atoms with Crippen molar-refractivity contribution in [3.05, 3.63) is 23.8 Å². The molecule has 24 heavy (non-hydrogen) atoms. The van der Waals surface area contributed by atoms with Crippen LogP contribution in [0.3, 0.4) is 0 Å². The van der Waals surface area contributed by atoms with Gasteiger partial charge in [0.1, 0.15) is 11.3 Å². The largest absolute Gasteiger partial charge is 0.382 e. The molecule has 132 valence electrons. The zero-order chi connectivity index (χ0) is 17.5. The minimum Gasteiger partial charge on any atom is -0.382 e. The molecule has 0 saturated carbocycles. The van der Waals surface area contributed by atoms with Gasteiger partial charge in [-0.2, -0.15) is 0 Å². The summed E-state index contributed by atoms with van der Waals surface area (Å²) in [6, 6.07) is 0.236. The van der Waals surface area contributed by atoms with E-state index in [-0.39, 0.29) is 11.6 Å². The van der Waals surface area contributed by atoms with Gasteiger partial charge in [0.05, 0.1) is 23.6 Å². The lowest BCUT2D eigenvalue weighted by molar-refractivity contribution is 0.0407. The second kappa shape index (κ2) is 5.93. The quantitative estimate of drug-likeness (QED) is 0.908. The normalized spacial score (nSPS) is 22.6. The summed E-state index contributed by atoms with van der Waals surface area (Å²) in [4.78, 5) is 2.19. The second-order valence-corrected chi connectivity index (χ2v) is 8.00. The summed E-state index contributed by atoms with van der Waals surface area (Å²) in [5.74, 6) is 0. The number of rotatable bonds is 4. The van der Waals surface area contributed by atoms with Gasteiger partial charge in [-0.1, -0.05) is 10.4 Å². The van der Waals surface area contributed by atoms with E-state index in [9.17, 15) is 5.11 Å². The topological polar surface area (TPSA) is 84.9 Å². The van der Waals surface area contributed by atoms with Crippen LogP contribution in [0.5, 0.6) is 0 Å². The molecule has 3 heterocycles. The molecule has 0 aromatic carbocycles. The van der Waals surface area contributed by atoms with Crippen molar-refractivity contribution in [1.82, 2.24) is 34.9 Å². The van der Waals surface area contributed by atoms with Crippen LogP contribution in [0, 0.1) is 0 Å². The van der Waals surface area contributed by atoms with Gasteiger partial charge in [-0.25, -0.2) is 9.36 Å². The zero-order valence-corrected chi connectivity index (χ0v) is 15.1. The van der Waals surface area contributed by atoms with Gasteiger partial charge in [-0.3, -0.25) is 4.90 Å². The molecule has 1 aliphatic rings. The molecule has 1 atom stereocenters. The molecule has 8 heteroatoms. The Kier molecular flexibility index (Phi) is 4.21. The average Bonchev–Trinajstić information content (AvgIpc) is 3.18. The smallest absolute Gasteiger partial charge is 0.124 e. The number of hydrogen-bond acceptors (Lipinski definition) is 6. The Labute approximate surface area is 142 Å². The highest BCUT2D eigenvalue weighted by Crippen LogP contribution is 2.31. The minimum absolute atomic E-state index is 0.0770. The first-order chi connectivity index (χ1) is 11.2. The van der Waals surface area contributed by atoms with E-state index in [1.165, 1.54) is 0 Å². The number of nitrogens with zero attached hydrogens (tertiary/aromatic N) is 7. The maximum absolute atomic E-state index is 10.9. The van der Waals surface area contributed by atoms with E-state index in [0.29, 0.717) is 25.2 Å². The lowest BCUT2D eigenvalue weighted by Gasteiger charge is -2.20. The third-order valence-electron chi connectivity index (χ3n) is 4.46. The fraction of sp³-hybridized carbons (Fsp3) is 0.750. The van der Waals surface area contributed by atoms with Crippen molar-refractivity contribution in [3.63, 3.8) is 0 Å². The van der Waals surface area contributed by atoms with Gasteiger partial charge in [-0.05, 0) is 41.0 Å². The van der Waals surface area contributed by atoms with Crippen LogP contribution < -0.4 is 0 Å². The molecular formula is C16H27N7O. The number of aliphatic hydroxyl groups is 1. The highest BCUT2D eigenvalue weighted by atomic mass is 16.3. The van der Waals surface area contributed by atoms with Crippen molar-refractivity contribution in [1.29, 1.82) is 0 Å². The third-order valence-corrected chi connectivity index (χ3v) is 4.46. The number of hydrogen-bond donors (Lipinski definition) is 1. The summed E-state index contributed by atoms with van der Waals surface area (Å²) in [6.07, 6.45) is 4.48. The minimum atomic E-state index is -0.937. The third kappa shape index (κ3) is 3.34. The summed E-state index contributed by atoms with van der Waals surface area (Å²) >= 11 is 0. The molecule has 1 unspecified atom stereocenters. The van der Waals surface area contributed by atoms with Crippen LogP contribution in [0.2, 0.25) is 0 Å². The van der Waals surface area contributed by atoms with Gasteiger partial charge in [0, 0.05) is 25.7 Å². The molecule has 0 aliphatic carbocycles. The summed E-state index contributed by atoms with van der Waals surface area (Å²) in [5.41, 5.74) is 0.552. The molecule has 1 N–H and O–H groups in total. The van der Waals surface area contributed by atoms with Gasteiger partial charge in [0.2, 0.25) is 0 Å². The van der Waals surface area contributed by atoms with Crippen LogP contribution in [0.4, 0.5) is 0 Å². The first-order valence-corrected chi connectivity index (χ1v) is 8.46. The van der Waals surface area contributed by atoms with Crippen LogP contribution in [0.25, 0.3) is 0 Å². The van der Waals surface area contributed by atoms with Crippen molar-refractivity contribution < 1.29 is 5.11 Å². The molecule has 0 bridgehead atoms. The molecule has 0 radical (unpaired) electrons. The molecule has 1 fully saturated rings. The predicted molar refractivity (Wildman–Crippen MR) is 89.2 cm³/mol. The van der Waals surface area contributed by atoms with Crippen molar-refractivity contribution in [2.75, 3.05) is 13.1 Å². The highest BCUT2D eigenvalue weighted by Gasteiger charge is 2.40. The molecule has 8 nitrogen and oxygen atoms in total.